The Labute approximate surface area is 232 Å². The van der Waals surface area contributed by atoms with Gasteiger partial charge in [0.25, 0.3) is 5.69 Å². The van der Waals surface area contributed by atoms with Crippen LogP contribution < -0.4 is 4.90 Å². The number of amides is 2. The quantitative estimate of drug-likeness (QED) is 0.148. The lowest BCUT2D eigenvalue weighted by Gasteiger charge is -2.35. The van der Waals surface area contributed by atoms with Crippen LogP contribution in [0.2, 0.25) is 0 Å². The third-order valence-corrected chi connectivity index (χ3v) is 9.24. The number of non-ortho nitro benzene ring substituents is 1. The van der Waals surface area contributed by atoms with Crippen molar-refractivity contribution >= 4 is 51.7 Å². The largest absolute Gasteiger partial charge is 0.465 e. The fourth-order valence-electron chi connectivity index (χ4n) is 6.08. The van der Waals surface area contributed by atoms with Crippen LogP contribution in [0.5, 0.6) is 0 Å². The van der Waals surface area contributed by atoms with Crippen LogP contribution in [-0.2, 0) is 14.3 Å². The predicted octanol–water partition coefficient (Wildman–Crippen LogP) is 4.46. The second-order valence-electron chi connectivity index (χ2n) is 9.97. The number of carbonyl (C=O) groups excluding carboxylic acids is 4. The lowest BCUT2D eigenvalue weighted by molar-refractivity contribution is -0.384. The third kappa shape index (κ3) is 3.54. The van der Waals surface area contributed by atoms with Crippen molar-refractivity contribution < 1.29 is 28.8 Å². The monoisotopic (exact) mass is 557 g/mol. The minimum atomic E-state index is -1.04. The van der Waals surface area contributed by atoms with Crippen molar-refractivity contribution in [3.05, 3.63) is 97.5 Å². The van der Waals surface area contributed by atoms with Gasteiger partial charge < -0.3 is 9.64 Å². The first-order valence-corrected chi connectivity index (χ1v) is 13.4. The number of esters is 1. The molecule has 0 radical (unpaired) electrons. The summed E-state index contributed by atoms with van der Waals surface area (Å²) in [6.45, 7) is 3.53. The highest BCUT2D eigenvalue weighted by atomic mass is 32.1. The van der Waals surface area contributed by atoms with Crippen molar-refractivity contribution in [3.8, 4) is 0 Å². The van der Waals surface area contributed by atoms with Gasteiger partial charge in [0.1, 0.15) is 11.0 Å². The van der Waals surface area contributed by atoms with Crippen LogP contribution in [0.25, 0.3) is 6.08 Å². The zero-order valence-corrected chi connectivity index (χ0v) is 22.5. The number of carbonyl (C=O) groups is 4. The predicted molar refractivity (Wildman–Crippen MR) is 146 cm³/mol. The number of ketones is 1. The van der Waals surface area contributed by atoms with E-state index in [1.165, 1.54) is 31.4 Å². The highest BCUT2D eigenvalue weighted by Gasteiger charge is 2.65. The fourth-order valence-corrected chi connectivity index (χ4v) is 7.24. The number of rotatable bonds is 5. The van der Waals surface area contributed by atoms with Crippen LogP contribution in [0.4, 0.5) is 10.7 Å². The molecule has 3 aromatic rings. The van der Waals surface area contributed by atoms with Crippen LogP contribution >= 0.6 is 11.3 Å². The van der Waals surface area contributed by atoms with Gasteiger partial charge in [-0.25, -0.2) is 9.69 Å². The number of anilines is 1. The Morgan fingerprint density at radius 3 is 2.35 bits per heavy atom. The summed E-state index contributed by atoms with van der Waals surface area (Å²) < 4.78 is 4.97. The summed E-state index contributed by atoms with van der Waals surface area (Å²) >= 11 is 1.16. The maximum atomic E-state index is 14.2. The van der Waals surface area contributed by atoms with Crippen molar-refractivity contribution in [2.24, 2.45) is 11.8 Å². The normalized spacial score (nSPS) is 22.7. The number of Topliss-reactive ketones (excluding diaryl/α,β-unsaturated/α-hetero) is 1. The number of ether oxygens (including phenoxy) is 1. The standard InChI is InChI=1S/C29H23N3O7S/c1-14-15(2)40-28(20(14)29(36)39-3)31-26(34)21-22(27(31)35)24(25(33)17-8-10-18(11-9-17)32(37)38)30-13-12-16-6-4-5-7-19(16)23(21)30/h4-13,21-24H,1-3H3/t21-,22-,23+,24+/m1/s1. The molecule has 1 aromatic heterocycles. The first-order chi connectivity index (χ1) is 19.1. The Kier molecular flexibility index (Phi) is 5.91. The molecule has 10 nitrogen and oxygen atoms in total. The molecule has 4 atom stereocenters. The number of thiophene rings is 1. The third-order valence-electron chi connectivity index (χ3n) is 8.05. The van der Waals surface area contributed by atoms with Crippen LogP contribution in [0.1, 0.15) is 48.3 Å². The van der Waals surface area contributed by atoms with Crippen molar-refractivity contribution in [1.29, 1.82) is 0 Å². The molecule has 0 unspecified atom stereocenters. The van der Waals surface area contributed by atoms with E-state index in [1.54, 1.807) is 24.9 Å². The average Bonchev–Trinajstić information content (AvgIpc) is 3.54. The number of nitro groups is 1. The molecule has 3 aliphatic rings. The number of fused-ring (bicyclic) bond motifs is 5. The van der Waals surface area contributed by atoms with Gasteiger partial charge in [-0.3, -0.25) is 24.5 Å². The van der Waals surface area contributed by atoms with Crippen molar-refractivity contribution in [2.45, 2.75) is 25.9 Å². The lowest BCUT2D eigenvalue weighted by atomic mass is 9.83. The van der Waals surface area contributed by atoms with Gasteiger partial charge in [0.15, 0.2) is 5.78 Å². The Hall–Kier alpha value is -4.64. The van der Waals surface area contributed by atoms with Gasteiger partial charge in [-0.05, 0) is 48.7 Å². The molecule has 0 aliphatic carbocycles. The van der Waals surface area contributed by atoms with Gasteiger partial charge in [-0.15, -0.1) is 11.3 Å². The SMILES string of the molecule is COC(=O)c1c(N2C(=O)[C@@H]3[C@@H](C2=O)[C@@H]2c4ccccc4C=CN2[C@@H]3C(=O)c2ccc([N+](=O)[O-])cc2)sc(C)c1C. The highest BCUT2D eigenvalue weighted by Crippen LogP contribution is 2.55. The van der Waals surface area contributed by atoms with E-state index in [0.717, 1.165) is 32.2 Å². The number of hydrogen-bond acceptors (Lipinski definition) is 9. The number of aryl methyl sites for hydroxylation is 1. The summed E-state index contributed by atoms with van der Waals surface area (Å²) in [4.78, 5) is 69.3. The number of nitro benzene ring substituents is 1. The molecule has 6 rings (SSSR count). The molecule has 0 saturated carbocycles. The van der Waals surface area contributed by atoms with E-state index < -0.39 is 52.4 Å². The molecule has 4 heterocycles. The molecule has 2 fully saturated rings. The fraction of sp³-hybridized carbons (Fsp3) is 0.241. The summed E-state index contributed by atoms with van der Waals surface area (Å²) in [5.41, 5.74) is 2.50. The molecule has 0 N–H and O–H groups in total. The maximum absolute atomic E-state index is 14.2. The Morgan fingerprint density at radius 1 is 1.00 bits per heavy atom. The van der Waals surface area contributed by atoms with E-state index in [2.05, 4.69) is 0 Å². The Morgan fingerprint density at radius 2 is 1.68 bits per heavy atom. The second-order valence-corrected chi connectivity index (χ2v) is 11.2. The summed E-state index contributed by atoms with van der Waals surface area (Å²) in [6, 6.07) is 11.1. The van der Waals surface area contributed by atoms with Gasteiger partial charge in [0, 0.05) is 28.8 Å². The topological polar surface area (TPSA) is 127 Å². The molecule has 2 amide bonds. The zero-order valence-electron chi connectivity index (χ0n) is 21.7. The smallest absolute Gasteiger partial charge is 0.341 e. The van der Waals surface area contributed by atoms with Crippen LogP contribution in [0.15, 0.2) is 54.7 Å². The van der Waals surface area contributed by atoms with Crippen molar-refractivity contribution in [3.63, 3.8) is 0 Å². The Bertz CT molecular complexity index is 1660. The first-order valence-electron chi connectivity index (χ1n) is 12.5. The number of imide groups is 1. The summed E-state index contributed by atoms with van der Waals surface area (Å²) in [6.07, 6.45) is 3.58. The van der Waals surface area contributed by atoms with E-state index in [4.69, 9.17) is 4.74 Å². The number of nitrogens with zero attached hydrogens (tertiary/aromatic N) is 3. The van der Waals surface area contributed by atoms with Crippen LogP contribution in [-0.4, -0.2) is 46.5 Å². The minimum absolute atomic E-state index is 0.158. The van der Waals surface area contributed by atoms with Gasteiger partial charge in [0.05, 0.1) is 35.5 Å². The molecule has 3 aliphatic heterocycles. The minimum Gasteiger partial charge on any atom is -0.465 e. The second kappa shape index (κ2) is 9.23. The summed E-state index contributed by atoms with van der Waals surface area (Å²) in [5, 5.41) is 11.3. The lowest BCUT2D eigenvalue weighted by Crippen LogP contribution is -2.44. The van der Waals surface area contributed by atoms with Gasteiger partial charge >= 0.3 is 5.97 Å². The van der Waals surface area contributed by atoms with E-state index >= 15 is 0 Å². The molecule has 11 heteroatoms. The van der Waals surface area contributed by atoms with E-state index in [9.17, 15) is 29.3 Å². The number of benzene rings is 2. The molecular weight excluding hydrogens is 534 g/mol. The van der Waals surface area contributed by atoms with Crippen molar-refractivity contribution in [2.75, 3.05) is 12.0 Å². The Balaban J connectivity index is 1.50. The zero-order chi connectivity index (χ0) is 28.5. The van der Waals surface area contributed by atoms with E-state index in [-0.39, 0.29) is 21.8 Å². The molecular formula is C29H23N3O7S. The number of methoxy groups -OCH3 is 1. The summed E-state index contributed by atoms with van der Waals surface area (Å²) in [5.74, 6) is -4.06. The van der Waals surface area contributed by atoms with E-state index in [1.807, 2.05) is 30.3 Å². The van der Waals surface area contributed by atoms with Gasteiger partial charge in [-0.2, -0.15) is 0 Å². The van der Waals surface area contributed by atoms with Gasteiger partial charge in [-0.1, -0.05) is 24.3 Å². The van der Waals surface area contributed by atoms with Gasteiger partial charge in [0.2, 0.25) is 11.8 Å². The van der Waals surface area contributed by atoms with Crippen LogP contribution in [0, 0.1) is 35.8 Å². The highest BCUT2D eigenvalue weighted by molar-refractivity contribution is 7.17. The van der Waals surface area contributed by atoms with E-state index in [0.29, 0.717) is 5.56 Å². The maximum Gasteiger partial charge on any atom is 0.341 e. The molecule has 2 saturated heterocycles. The molecule has 202 valence electrons. The van der Waals surface area contributed by atoms with Crippen molar-refractivity contribution in [1.82, 2.24) is 4.90 Å². The first kappa shape index (κ1) is 25.6. The molecule has 40 heavy (non-hydrogen) atoms. The molecule has 0 bridgehead atoms. The average molecular weight is 558 g/mol. The van der Waals surface area contributed by atoms with Crippen LogP contribution in [0.3, 0.4) is 0 Å². The number of hydrogen-bond donors (Lipinski definition) is 0. The molecule has 0 spiro atoms. The summed E-state index contributed by atoms with van der Waals surface area (Å²) in [7, 11) is 1.24. The molecule has 2 aromatic carbocycles.